The number of amides is 3. The molecule has 0 aliphatic carbocycles. The molecule has 2 atom stereocenters. The molecule has 0 unspecified atom stereocenters. The van der Waals surface area contributed by atoms with Crippen molar-refractivity contribution in [1.82, 2.24) is 9.80 Å². The molecule has 2 N–H and O–H groups in total. The Kier molecular flexibility index (Phi) is 3.64. The van der Waals surface area contributed by atoms with E-state index in [0.717, 1.165) is 0 Å². The second kappa shape index (κ2) is 5.73. The van der Waals surface area contributed by atoms with Crippen LogP contribution in [0.15, 0.2) is 24.3 Å². The Morgan fingerprint density at radius 2 is 2.12 bits per heavy atom. The smallest absolute Gasteiger partial charge is 0.260 e. The number of benzene rings is 1. The quantitative estimate of drug-likeness (QED) is 0.809. The lowest BCUT2D eigenvalue weighted by Crippen LogP contribution is -2.49. The Bertz CT molecular complexity index is 752. The molecular formula is C17H19N3O5. The lowest BCUT2D eigenvalue weighted by Gasteiger charge is -2.31. The molecule has 3 fully saturated rings. The largest absolute Gasteiger partial charge is 0.483 e. The van der Waals surface area contributed by atoms with E-state index in [1.807, 2.05) is 0 Å². The predicted molar refractivity (Wildman–Crippen MR) is 85.6 cm³/mol. The van der Waals surface area contributed by atoms with Crippen LogP contribution < -0.4 is 10.5 Å². The predicted octanol–water partition coefficient (Wildman–Crippen LogP) is -0.276. The minimum atomic E-state index is -0.655. The van der Waals surface area contributed by atoms with Gasteiger partial charge < -0.3 is 25.0 Å². The monoisotopic (exact) mass is 345 g/mol. The van der Waals surface area contributed by atoms with Gasteiger partial charge in [-0.15, -0.1) is 0 Å². The van der Waals surface area contributed by atoms with Gasteiger partial charge in [-0.05, 0) is 12.1 Å². The molecule has 3 heterocycles. The zero-order chi connectivity index (χ0) is 17.6. The standard InChI is InChI=1S/C17H19N3O5/c18-16(23)11-3-1-2-4-12(11)24-10-15(22)19-6-5-17-13(19)9-14(21)20(17)7-8-25-17/h1-4,13H,5-10H2,(H2,18,23)/t13-,17+/m1/s1. The number of carbonyl (C=O) groups is 3. The van der Waals surface area contributed by atoms with E-state index in [0.29, 0.717) is 26.1 Å². The molecule has 1 aromatic carbocycles. The van der Waals surface area contributed by atoms with Gasteiger partial charge in [-0.1, -0.05) is 12.1 Å². The number of hydrogen-bond donors (Lipinski definition) is 1. The number of ether oxygens (including phenoxy) is 2. The molecular weight excluding hydrogens is 326 g/mol. The summed E-state index contributed by atoms with van der Waals surface area (Å²) in [6, 6.07) is 6.25. The van der Waals surface area contributed by atoms with Crippen molar-refractivity contribution in [3.05, 3.63) is 29.8 Å². The minimum absolute atomic E-state index is 0.0278. The first-order valence-electron chi connectivity index (χ1n) is 8.28. The summed E-state index contributed by atoms with van der Waals surface area (Å²) in [5.74, 6) is -0.538. The van der Waals surface area contributed by atoms with Crippen molar-refractivity contribution in [2.75, 3.05) is 26.3 Å². The summed E-state index contributed by atoms with van der Waals surface area (Å²) in [6.45, 7) is 1.39. The Labute approximate surface area is 144 Å². The van der Waals surface area contributed by atoms with E-state index in [2.05, 4.69) is 0 Å². The summed E-state index contributed by atoms with van der Waals surface area (Å²) in [7, 11) is 0. The van der Waals surface area contributed by atoms with Crippen LogP contribution in [0.4, 0.5) is 0 Å². The van der Waals surface area contributed by atoms with Gasteiger partial charge in [-0.2, -0.15) is 0 Å². The lowest BCUT2D eigenvalue weighted by atomic mass is 10.1. The Hall–Kier alpha value is -2.61. The molecule has 1 aromatic rings. The van der Waals surface area contributed by atoms with Gasteiger partial charge in [-0.3, -0.25) is 14.4 Å². The summed E-state index contributed by atoms with van der Waals surface area (Å²) in [4.78, 5) is 39.6. The van der Waals surface area contributed by atoms with Crippen molar-refractivity contribution >= 4 is 17.7 Å². The van der Waals surface area contributed by atoms with Crippen molar-refractivity contribution < 1.29 is 23.9 Å². The summed E-state index contributed by atoms with van der Waals surface area (Å²) in [5, 5.41) is 0. The number of nitrogens with two attached hydrogens (primary N) is 1. The van der Waals surface area contributed by atoms with Crippen LogP contribution >= 0.6 is 0 Å². The number of likely N-dealkylation sites (tertiary alicyclic amines) is 1. The third-order valence-electron chi connectivity index (χ3n) is 5.22. The third-order valence-corrected chi connectivity index (χ3v) is 5.22. The van der Waals surface area contributed by atoms with Crippen molar-refractivity contribution in [2.24, 2.45) is 5.73 Å². The molecule has 8 heteroatoms. The molecule has 0 saturated carbocycles. The van der Waals surface area contributed by atoms with Gasteiger partial charge in [-0.25, -0.2) is 0 Å². The van der Waals surface area contributed by atoms with Gasteiger partial charge >= 0.3 is 0 Å². The fourth-order valence-corrected chi connectivity index (χ4v) is 4.11. The maximum absolute atomic E-state index is 12.6. The SMILES string of the molecule is NC(=O)c1ccccc1OCC(=O)N1CC[C@@]23OCCN2C(=O)C[C@@H]13. The first kappa shape index (κ1) is 15.9. The molecule has 8 nitrogen and oxygen atoms in total. The average molecular weight is 345 g/mol. The molecule has 0 radical (unpaired) electrons. The van der Waals surface area contributed by atoms with Gasteiger partial charge in [0.25, 0.3) is 11.8 Å². The number of carbonyl (C=O) groups excluding carboxylic acids is 3. The van der Waals surface area contributed by atoms with Crippen LogP contribution in [0.25, 0.3) is 0 Å². The summed E-state index contributed by atoms with van der Waals surface area (Å²) in [5.41, 5.74) is 4.89. The zero-order valence-electron chi connectivity index (χ0n) is 13.6. The Balaban J connectivity index is 1.46. The number of para-hydroxylation sites is 1. The van der Waals surface area contributed by atoms with E-state index >= 15 is 0 Å². The first-order valence-corrected chi connectivity index (χ1v) is 8.28. The summed E-state index contributed by atoms with van der Waals surface area (Å²) in [6.07, 6.45) is 0.899. The van der Waals surface area contributed by atoms with Crippen LogP contribution in [-0.2, 0) is 14.3 Å². The average Bonchev–Trinajstić information content (AvgIpc) is 3.24. The fraction of sp³-hybridized carbons (Fsp3) is 0.471. The van der Waals surface area contributed by atoms with E-state index in [-0.39, 0.29) is 42.2 Å². The van der Waals surface area contributed by atoms with Crippen LogP contribution in [-0.4, -0.2) is 65.6 Å². The van der Waals surface area contributed by atoms with Gasteiger partial charge in [0.05, 0.1) is 24.6 Å². The highest BCUT2D eigenvalue weighted by Gasteiger charge is 2.62. The normalized spacial score (nSPS) is 27.4. The maximum atomic E-state index is 12.6. The minimum Gasteiger partial charge on any atom is -0.483 e. The van der Waals surface area contributed by atoms with Crippen molar-refractivity contribution in [3.63, 3.8) is 0 Å². The first-order chi connectivity index (χ1) is 12.0. The molecule has 3 aliphatic rings. The van der Waals surface area contributed by atoms with Gasteiger partial charge in [0.2, 0.25) is 5.91 Å². The highest BCUT2D eigenvalue weighted by molar-refractivity contribution is 5.95. The van der Waals surface area contributed by atoms with Gasteiger partial charge in [0, 0.05) is 19.5 Å². The van der Waals surface area contributed by atoms with Crippen molar-refractivity contribution in [2.45, 2.75) is 24.6 Å². The number of hydrogen-bond acceptors (Lipinski definition) is 5. The van der Waals surface area contributed by atoms with E-state index in [4.69, 9.17) is 15.2 Å². The second-order valence-electron chi connectivity index (χ2n) is 6.44. The van der Waals surface area contributed by atoms with E-state index in [9.17, 15) is 14.4 Å². The third kappa shape index (κ3) is 2.36. The van der Waals surface area contributed by atoms with E-state index in [1.165, 1.54) is 0 Å². The molecule has 1 spiro atoms. The number of primary amides is 1. The summed E-state index contributed by atoms with van der Waals surface area (Å²) >= 11 is 0. The number of rotatable bonds is 4. The van der Waals surface area contributed by atoms with Crippen LogP contribution in [0.5, 0.6) is 5.75 Å². The Morgan fingerprint density at radius 3 is 2.92 bits per heavy atom. The summed E-state index contributed by atoms with van der Waals surface area (Å²) < 4.78 is 11.4. The van der Waals surface area contributed by atoms with Crippen LogP contribution in [0.2, 0.25) is 0 Å². The molecule has 0 bridgehead atoms. The van der Waals surface area contributed by atoms with E-state index in [1.54, 1.807) is 34.1 Å². The lowest BCUT2D eigenvalue weighted by molar-refractivity contribution is -0.140. The van der Waals surface area contributed by atoms with Gasteiger partial charge in [0.15, 0.2) is 12.3 Å². The van der Waals surface area contributed by atoms with Crippen LogP contribution in [0.3, 0.4) is 0 Å². The topological polar surface area (TPSA) is 102 Å². The van der Waals surface area contributed by atoms with E-state index < -0.39 is 11.6 Å². The highest BCUT2D eigenvalue weighted by Crippen LogP contribution is 2.45. The molecule has 132 valence electrons. The molecule has 25 heavy (non-hydrogen) atoms. The molecule has 3 saturated heterocycles. The fourth-order valence-electron chi connectivity index (χ4n) is 4.11. The maximum Gasteiger partial charge on any atom is 0.260 e. The highest BCUT2D eigenvalue weighted by atomic mass is 16.5. The van der Waals surface area contributed by atoms with Crippen molar-refractivity contribution in [1.29, 1.82) is 0 Å². The molecule has 4 rings (SSSR count). The van der Waals surface area contributed by atoms with Gasteiger partial charge in [0.1, 0.15) is 5.75 Å². The van der Waals surface area contributed by atoms with Crippen LogP contribution in [0.1, 0.15) is 23.2 Å². The second-order valence-corrected chi connectivity index (χ2v) is 6.44. The molecule has 0 aromatic heterocycles. The number of nitrogens with zero attached hydrogens (tertiary/aromatic N) is 2. The van der Waals surface area contributed by atoms with Crippen LogP contribution in [0, 0.1) is 0 Å². The molecule has 3 amide bonds. The Morgan fingerprint density at radius 1 is 1.32 bits per heavy atom. The van der Waals surface area contributed by atoms with Crippen molar-refractivity contribution in [3.8, 4) is 5.75 Å². The zero-order valence-corrected chi connectivity index (χ0v) is 13.6. The molecule has 3 aliphatic heterocycles.